The maximum Gasteiger partial charge on any atom is 0.0675 e. The lowest BCUT2D eigenvalue weighted by molar-refractivity contribution is -0.111. The zero-order valence-corrected chi connectivity index (χ0v) is 14.8. The molecular formula is C21H32O. The summed E-state index contributed by atoms with van der Waals surface area (Å²) in [4.78, 5) is 0. The molecule has 1 heteroatoms. The van der Waals surface area contributed by atoms with Gasteiger partial charge in [-0.15, -0.1) is 0 Å². The highest BCUT2D eigenvalue weighted by Crippen LogP contribution is 2.66. The van der Waals surface area contributed by atoms with Crippen molar-refractivity contribution in [3.8, 4) is 0 Å². The third-order valence-corrected chi connectivity index (χ3v) is 8.53. The molecule has 0 radical (unpaired) electrons. The molecule has 6 unspecified atom stereocenters. The highest BCUT2D eigenvalue weighted by molar-refractivity contribution is 5.36. The fraction of sp³-hybridized carbons (Fsp3) is 0.810. The first-order chi connectivity index (χ1) is 10.3. The smallest absolute Gasteiger partial charge is 0.0675 e. The van der Waals surface area contributed by atoms with Crippen molar-refractivity contribution in [2.75, 3.05) is 0 Å². The van der Waals surface area contributed by atoms with Crippen molar-refractivity contribution in [1.29, 1.82) is 0 Å². The lowest BCUT2D eigenvalue weighted by Gasteiger charge is -2.58. The number of fused-ring (bicyclic) bond motifs is 5. The molecule has 0 spiro atoms. The molecule has 0 aliphatic heterocycles. The predicted octanol–water partition coefficient (Wildman–Crippen LogP) is 5.26. The van der Waals surface area contributed by atoms with Gasteiger partial charge in [0.05, 0.1) is 5.60 Å². The molecule has 22 heavy (non-hydrogen) atoms. The standard InChI is InChI=1S/C21H32O/c1-14-7-10-19(2)15(13-14)5-6-16-17(19)8-11-20(3)18(16)9-12-21(20,4)22/h5,13,16-18,22H,6-12H2,1-4H3. The Kier molecular flexibility index (Phi) is 3.07. The summed E-state index contributed by atoms with van der Waals surface area (Å²) in [6, 6.07) is 0. The normalized spacial score (nSPS) is 54.0. The van der Waals surface area contributed by atoms with Gasteiger partial charge in [-0.3, -0.25) is 0 Å². The van der Waals surface area contributed by atoms with Gasteiger partial charge in [-0.1, -0.05) is 31.6 Å². The Morgan fingerprint density at radius 3 is 2.55 bits per heavy atom. The molecule has 2 fully saturated rings. The second-order valence-corrected chi connectivity index (χ2v) is 9.45. The van der Waals surface area contributed by atoms with Crippen LogP contribution >= 0.6 is 0 Å². The van der Waals surface area contributed by atoms with Gasteiger partial charge in [0.1, 0.15) is 0 Å². The Morgan fingerprint density at radius 1 is 1.05 bits per heavy atom. The summed E-state index contributed by atoms with van der Waals surface area (Å²) in [5.74, 6) is 2.36. The molecule has 6 atom stereocenters. The minimum absolute atomic E-state index is 0.149. The van der Waals surface area contributed by atoms with Crippen molar-refractivity contribution in [3.05, 3.63) is 23.3 Å². The number of hydrogen-bond acceptors (Lipinski definition) is 1. The lowest BCUT2D eigenvalue weighted by Crippen LogP contribution is -2.53. The second kappa shape index (κ2) is 4.50. The van der Waals surface area contributed by atoms with E-state index in [1.165, 1.54) is 38.5 Å². The van der Waals surface area contributed by atoms with Gasteiger partial charge in [-0.25, -0.2) is 0 Å². The van der Waals surface area contributed by atoms with Crippen LogP contribution in [0.15, 0.2) is 23.3 Å². The summed E-state index contributed by atoms with van der Waals surface area (Å²) in [6.07, 6.45) is 13.7. The molecular weight excluding hydrogens is 268 g/mol. The average molecular weight is 300 g/mol. The summed E-state index contributed by atoms with van der Waals surface area (Å²) in [7, 11) is 0. The number of aliphatic hydroxyl groups is 1. The fourth-order valence-corrected chi connectivity index (χ4v) is 6.71. The average Bonchev–Trinajstić information content (AvgIpc) is 2.70. The van der Waals surface area contributed by atoms with Gasteiger partial charge < -0.3 is 5.11 Å². The lowest BCUT2D eigenvalue weighted by atomic mass is 9.47. The van der Waals surface area contributed by atoms with Crippen LogP contribution in [0.1, 0.15) is 72.6 Å². The minimum Gasteiger partial charge on any atom is -0.390 e. The van der Waals surface area contributed by atoms with Crippen LogP contribution < -0.4 is 0 Å². The predicted molar refractivity (Wildman–Crippen MR) is 91.5 cm³/mol. The van der Waals surface area contributed by atoms with E-state index >= 15 is 0 Å². The Hall–Kier alpha value is -0.560. The molecule has 2 saturated carbocycles. The van der Waals surface area contributed by atoms with Crippen molar-refractivity contribution in [3.63, 3.8) is 0 Å². The molecule has 0 aromatic carbocycles. The molecule has 4 rings (SSSR count). The number of allylic oxidation sites excluding steroid dienone is 4. The first-order valence-corrected chi connectivity index (χ1v) is 9.38. The first kappa shape index (κ1) is 15.0. The Bertz CT molecular complexity index is 554. The third-order valence-electron chi connectivity index (χ3n) is 8.53. The van der Waals surface area contributed by atoms with Crippen LogP contribution in [0.3, 0.4) is 0 Å². The maximum atomic E-state index is 10.9. The molecule has 122 valence electrons. The van der Waals surface area contributed by atoms with Crippen LogP contribution in [-0.4, -0.2) is 10.7 Å². The van der Waals surface area contributed by atoms with E-state index in [0.29, 0.717) is 5.41 Å². The minimum atomic E-state index is -0.448. The van der Waals surface area contributed by atoms with Crippen LogP contribution in [0.25, 0.3) is 0 Å². The Morgan fingerprint density at radius 2 is 1.77 bits per heavy atom. The number of hydrogen-bond donors (Lipinski definition) is 1. The fourth-order valence-electron chi connectivity index (χ4n) is 6.71. The van der Waals surface area contributed by atoms with Crippen molar-refractivity contribution < 1.29 is 5.11 Å². The van der Waals surface area contributed by atoms with E-state index in [4.69, 9.17) is 0 Å². The molecule has 4 aliphatic carbocycles. The molecule has 0 aromatic rings. The molecule has 0 heterocycles. The van der Waals surface area contributed by atoms with Crippen LogP contribution in [0.4, 0.5) is 0 Å². The van der Waals surface area contributed by atoms with Gasteiger partial charge >= 0.3 is 0 Å². The molecule has 0 aromatic heterocycles. The zero-order valence-electron chi connectivity index (χ0n) is 14.8. The molecule has 1 nitrogen and oxygen atoms in total. The van der Waals surface area contributed by atoms with Crippen LogP contribution in [0.2, 0.25) is 0 Å². The van der Waals surface area contributed by atoms with E-state index in [-0.39, 0.29) is 5.41 Å². The van der Waals surface area contributed by atoms with E-state index in [2.05, 4.69) is 39.8 Å². The van der Waals surface area contributed by atoms with E-state index in [9.17, 15) is 5.11 Å². The van der Waals surface area contributed by atoms with Gasteiger partial charge in [0.15, 0.2) is 0 Å². The molecule has 1 N–H and O–H groups in total. The van der Waals surface area contributed by atoms with Crippen molar-refractivity contribution >= 4 is 0 Å². The topological polar surface area (TPSA) is 20.2 Å². The summed E-state index contributed by atoms with van der Waals surface area (Å²) in [6.45, 7) is 9.31. The van der Waals surface area contributed by atoms with E-state index in [0.717, 1.165) is 24.2 Å². The SMILES string of the molecule is CC1=CC2=CCC3C(CCC4(C)C3CCC4(C)O)C2(C)CC1. The molecule has 4 aliphatic rings. The quantitative estimate of drug-likeness (QED) is 0.647. The molecule has 0 amide bonds. The van der Waals surface area contributed by atoms with Gasteiger partial charge in [-0.05, 0) is 93.0 Å². The molecule has 0 bridgehead atoms. The highest BCUT2D eigenvalue weighted by Gasteiger charge is 2.61. The van der Waals surface area contributed by atoms with Gasteiger partial charge in [0.2, 0.25) is 0 Å². The van der Waals surface area contributed by atoms with Crippen molar-refractivity contribution in [2.24, 2.45) is 28.6 Å². The summed E-state index contributed by atoms with van der Waals surface area (Å²) < 4.78 is 0. The zero-order chi connectivity index (χ0) is 15.8. The summed E-state index contributed by atoms with van der Waals surface area (Å²) in [5, 5.41) is 10.9. The van der Waals surface area contributed by atoms with Crippen LogP contribution in [-0.2, 0) is 0 Å². The van der Waals surface area contributed by atoms with Crippen molar-refractivity contribution in [2.45, 2.75) is 78.2 Å². The van der Waals surface area contributed by atoms with E-state index in [1.807, 2.05) is 0 Å². The highest BCUT2D eigenvalue weighted by atomic mass is 16.3. The van der Waals surface area contributed by atoms with E-state index in [1.54, 1.807) is 11.1 Å². The van der Waals surface area contributed by atoms with Crippen LogP contribution in [0, 0.1) is 28.6 Å². The third kappa shape index (κ3) is 1.75. The Balaban J connectivity index is 1.72. The summed E-state index contributed by atoms with van der Waals surface area (Å²) in [5.41, 5.74) is 3.29. The maximum absolute atomic E-state index is 10.9. The number of rotatable bonds is 0. The Labute approximate surface area is 135 Å². The largest absolute Gasteiger partial charge is 0.390 e. The van der Waals surface area contributed by atoms with Crippen molar-refractivity contribution in [1.82, 2.24) is 0 Å². The van der Waals surface area contributed by atoms with Gasteiger partial charge in [0, 0.05) is 0 Å². The van der Waals surface area contributed by atoms with Crippen LogP contribution in [0.5, 0.6) is 0 Å². The van der Waals surface area contributed by atoms with E-state index < -0.39 is 5.60 Å². The molecule has 0 saturated heterocycles. The second-order valence-electron chi connectivity index (χ2n) is 9.45. The van der Waals surface area contributed by atoms with Gasteiger partial charge in [0.25, 0.3) is 0 Å². The summed E-state index contributed by atoms with van der Waals surface area (Å²) >= 11 is 0. The van der Waals surface area contributed by atoms with Gasteiger partial charge in [-0.2, -0.15) is 0 Å². The first-order valence-electron chi connectivity index (χ1n) is 9.38. The monoisotopic (exact) mass is 300 g/mol.